The number of aryl methyl sites for hydroxylation is 1. The first-order valence-corrected chi connectivity index (χ1v) is 7.38. The van der Waals surface area contributed by atoms with Crippen molar-refractivity contribution in [2.75, 3.05) is 24.8 Å². The second-order valence-electron chi connectivity index (χ2n) is 4.58. The molecule has 2 heterocycles. The van der Waals surface area contributed by atoms with Gasteiger partial charge in [0.15, 0.2) is 0 Å². The molecule has 3 aromatic rings. The molecule has 108 valence electrons. The van der Waals surface area contributed by atoms with Gasteiger partial charge < -0.3 is 15.4 Å². The Kier molecular flexibility index (Phi) is 3.62. The topological polar surface area (TPSA) is 59.1 Å². The highest BCUT2D eigenvalue weighted by Crippen LogP contribution is 2.31. The Labute approximate surface area is 127 Å². The van der Waals surface area contributed by atoms with E-state index in [-0.39, 0.29) is 0 Å². The largest absolute Gasteiger partial charge is 0.497 e. The summed E-state index contributed by atoms with van der Waals surface area (Å²) in [6, 6.07) is 9.86. The summed E-state index contributed by atoms with van der Waals surface area (Å²) in [6.07, 6.45) is 0. The maximum Gasteiger partial charge on any atom is 0.225 e. The third-order valence-corrected chi connectivity index (χ3v) is 4.04. The molecule has 0 unspecified atom stereocenters. The van der Waals surface area contributed by atoms with E-state index in [1.165, 1.54) is 4.88 Å². The SMILES string of the molecule is CNc1nc(Nc2ccc(OC)cc2)c2cc(C)sc2n1. The lowest BCUT2D eigenvalue weighted by molar-refractivity contribution is 0.415. The van der Waals surface area contributed by atoms with Gasteiger partial charge in [-0.05, 0) is 37.3 Å². The minimum atomic E-state index is 0.611. The molecule has 0 aliphatic rings. The average Bonchev–Trinajstić information content (AvgIpc) is 2.88. The summed E-state index contributed by atoms with van der Waals surface area (Å²) in [6.45, 7) is 2.07. The number of benzene rings is 1. The number of hydrogen-bond acceptors (Lipinski definition) is 6. The van der Waals surface area contributed by atoms with Crippen molar-refractivity contribution < 1.29 is 4.74 Å². The van der Waals surface area contributed by atoms with Crippen LogP contribution in [0.3, 0.4) is 0 Å². The Balaban J connectivity index is 2.01. The molecule has 1 aromatic carbocycles. The number of methoxy groups -OCH3 is 1. The average molecular weight is 300 g/mol. The predicted octanol–water partition coefficient (Wildman–Crippen LogP) is 3.79. The number of aromatic nitrogens is 2. The van der Waals surface area contributed by atoms with Crippen LogP contribution in [-0.2, 0) is 0 Å². The summed E-state index contributed by atoms with van der Waals surface area (Å²) in [5, 5.41) is 7.38. The zero-order chi connectivity index (χ0) is 14.8. The fourth-order valence-electron chi connectivity index (χ4n) is 2.06. The molecule has 0 saturated carbocycles. The fourth-order valence-corrected chi connectivity index (χ4v) is 2.94. The standard InChI is InChI=1S/C15H16N4OS/c1-9-8-12-13(18-15(16-2)19-14(12)21-9)17-10-4-6-11(20-3)7-5-10/h4-8H,1-3H3,(H2,16,17,18,19). The monoisotopic (exact) mass is 300 g/mol. The van der Waals surface area contributed by atoms with Gasteiger partial charge in [-0.25, -0.2) is 4.98 Å². The lowest BCUT2D eigenvalue weighted by Gasteiger charge is -2.09. The summed E-state index contributed by atoms with van der Waals surface area (Å²) >= 11 is 1.66. The highest BCUT2D eigenvalue weighted by molar-refractivity contribution is 7.18. The van der Waals surface area contributed by atoms with Gasteiger partial charge in [-0.1, -0.05) is 0 Å². The second kappa shape index (κ2) is 5.57. The second-order valence-corrected chi connectivity index (χ2v) is 5.81. The molecule has 0 aliphatic heterocycles. The molecule has 0 radical (unpaired) electrons. The van der Waals surface area contributed by atoms with E-state index in [2.05, 4.69) is 33.6 Å². The van der Waals surface area contributed by atoms with Gasteiger partial charge in [0, 0.05) is 17.6 Å². The van der Waals surface area contributed by atoms with Crippen LogP contribution in [-0.4, -0.2) is 24.1 Å². The first-order chi connectivity index (χ1) is 10.2. The van der Waals surface area contributed by atoms with E-state index in [0.717, 1.165) is 27.5 Å². The molecular formula is C15H16N4OS. The highest BCUT2D eigenvalue weighted by Gasteiger charge is 2.10. The summed E-state index contributed by atoms with van der Waals surface area (Å²) in [5.74, 6) is 2.25. The van der Waals surface area contributed by atoms with Crippen molar-refractivity contribution in [3.05, 3.63) is 35.2 Å². The van der Waals surface area contributed by atoms with Crippen LogP contribution in [0.25, 0.3) is 10.2 Å². The van der Waals surface area contributed by atoms with Gasteiger partial charge in [0.25, 0.3) is 0 Å². The third-order valence-electron chi connectivity index (χ3n) is 3.09. The van der Waals surface area contributed by atoms with E-state index in [9.17, 15) is 0 Å². The number of thiophene rings is 1. The number of nitrogens with zero attached hydrogens (tertiary/aromatic N) is 2. The van der Waals surface area contributed by atoms with Crippen LogP contribution in [0.5, 0.6) is 5.75 Å². The van der Waals surface area contributed by atoms with Gasteiger partial charge in [0.05, 0.1) is 12.5 Å². The lowest BCUT2D eigenvalue weighted by atomic mass is 10.3. The number of ether oxygens (including phenoxy) is 1. The molecule has 2 aromatic heterocycles. The van der Waals surface area contributed by atoms with E-state index in [1.807, 2.05) is 31.3 Å². The quantitative estimate of drug-likeness (QED) is 0.767. The molecule has 5 nitrogen and oxygen atoms in total. The van der Waals surface area contributed by atoms with E-state index in [4.69, 9.17) is 4.74 Å². The summed E-state index contributed by atoms with van der Waals surface area (Å²) < 4.78 is 5.17. The van der Waals surface area contributed by atoms with Gasteiger partial charge in [0.1, 0.15) is 16.4 Å². The molecule has 0 atom stereocenters. The minimum Gasteiger partial charge on any atom is -0.497 e. The molecule has 0 aliphatic carbocycles. The first-order valence-electron chi connectivity index (χ1n) is 6.56. The summed E-state index contributed by atoms with van der Waals surface area (Å²) in [5.41, 5.74) is 0.960. The van der Waals surface area contributed by atoms with Crippen molar-refractivity contribution in [2.24, 2.45) is 0 Å². The van der Waals surface area contributed by atoms with Crippen molar-refractivity contribution in [3.8, 4) is 5.75 Å². The van der Waals surface area contributed by atoms with E-state index in [0.29, 0.717) is 5.95 Å². The minimum absolute atomic E-state index is 0.611. The molecule has 0 fully saturated rings. The smallest absolute Gasteiger partial charge is 0.225 e. The maximum absolute atomic E-state index is 5.17. The van der Waals surface area contributed by atoms with Crippen molar-refractivity contribution in [3.63, 3.8) is 0 Å². The molecule has 0 bridgehead atoms. The molecule has 3 rings (SSSR count). The van der Waals surface area contributed by atoms with Crippen molar-refractivity contribution in [1.29, 1.82) is 0 Å². The van der Waals surface area contributed by atoms with Gasteiger partial charge in [-0.3, -0.25) is 0 Å². The summed E-state index contributed by atoms with van der Waals surface area (Å²) in [4.78, 5) is 11.2. The van der Waals surface area contributed by atoms with Crippen LogP contribution in [0.2, 0.25) is 0 Å². The van der Waals surface area contributed by atoms with Gasteiger partial charge in [-0.15, -0.1) is 11.3 Å². The number of fused-ring (bicyclic) bond motifs is 1. The van der Waals surface area contributed by atoms with E-state index in [1.54, 1.807) is 18.4 Å². The van der Waals surface area contributed by atoms with Gasteiger partial charge in [-0.2, -0.15) is 4.98 Å². The van der Waals surface area contributed by atoms with Crippen molar-refractivity contribution in [2.45, 2.75) is 6.92 Å². The van der Waals surface area contributed by atoms with Crippen molar-refractivity contribution in [1.82, 2.24) is 9.97 Å². The molecule has 6 heteroatoms. The Hall–Kier alpha value is -2.34. The number of rotatable bonds is 4. The number of anilines is 3. The highest BCUT2D eigenvalue weighted by atomic mass is 32.1. The molecular weight excluding hydrogens is 284 g/mol. The molecule has 21 heavy (non-hydrogen) atoms. The Morgan fingerprint density at radius 1 is 1.14 bits per heavy atom. The molecule has 0 spiro atoms. The Bertz CT molecular complexity index is 767. The zero-order valence-corrected chi connectivity index (χ0v) is 12.9. The van der Waals surface area contributed by atoms with Gasteiger partial charge >= 0.3 is 0 Å². The normalized spacial score (nSPS) is 10.6. The fraction of sp³-hybridized carbons (Fsp3) is 0.200. The van der Waals surface area contributed by atoms with Crippen LogP contribution in [0.1, 0.15) is 4.88 Å². The van der Waals surface area contributed by atoms with Gasteiger partial charge in [0.2, 0.25) is 5.95 Å². The number of hydrogen-bond donors (Lipinski definition) is 2. The van der Waals surface area contributed by atoms with Crippen LogP contribution < -0.4 is 15.4 Å². The third kappa shape index (κ3) is 2.75. The zero-order valence-electron chi connectivity index (χ0n) is 12.1. The van der Waals surface area contributed by atoms with Crippen LogP contribution in [0, 0.1) is 6.92 Å². The molecule has 0 saturated heterocycles. The molecule has 0 amide bonds. The maximum atomic E-state index is 5.17. The Morgan fingerprint density at radius 2 is 1.90 bits per heavy atom. The predicted molar refractivity (Wildman–Crippen MR) is 88.0 cm³/mol. The van der Waals surface area contributed by atoms with Crippen LogP contribution >= 0.6 is 11.3 Å². The van der Waals surface area contributed by atoms with E-state index < -0.39 is 0 Å². The number of nitrogens with one attached hydrogen (secondary N) is 2. The lowest BCUT2D eigenvalue weighted by Crippen LogP contribution is -2.00. The van der Waals surface area contributed by atoms with Crippen molar-refractivity contribution >= 4 is 39.0 Å². The summed E-state index contributed by atoms with van der Waals surface area (Å²) in [7, 11) is 3.47. The first kappa shape index (κ1) is 13.6. The van der Waals surface area contributed by atoms with E-state index >= 15 is 0 Å². The Morgan fingerprint density at radius 3 is 2.57 bits per heavy atom. The van der Waals surface area contributed by atoms with Crippen LogP contribution in [0.4, 0.5) is 17.5 Å². The van der Waals surface area contributed by atoms with Crippen LogP contribution in [0.15, 0.2) is 30.3 Å². The molecule has 2 N–H and O–H groups in total.